The van der Waals surface area contributed by atoms with Gasteiger partial charge in [-0.1, -0.05) is 35.9 Å². The van der Waals surface area contributed by atoms with Gasteiger partial charge in [0.25, 0.3) is 5.91 Å². The van der Waals surface area contributed by atoms with Gasteiger partial charge in [-0.15, -0.1) is 0 Å². The van der Waals surface area contributed by atoms with Crippen LogP contribution in [0.25, 0.3) is 0 Å². The molecule has 0 radical (unpaired) electrons. The smallest absolute Gasteiger partial charge is 0.265 e. The highest BCUT2D eigenvalue weighted by Crippen LogP contribution is 2.15. The highest BCUT2D eigenvalue weighted by Gasteiger charge is 2.09. The quantitative estimate of drug-likeness (QED) is 0.500. The number of amides is 1. The Hall–Kier alpha value is -2.33. The third-order valence-corrected chi connectivity index (χ3v) is 2.81. The third kappa shape index (κ3) is 3.33. The summed E-state index contributed by atoms with van der Waals surface area (Å²) >= 11 is 0. The molecule has 0 atom stereocenters. The van der Waals surface area contributed by atoms with Gasteiger partial charge in [-0.3, -0.25) is 10.2 Å². The monoisotopic (exact) mass is 256 g/mol. The summed E-state index contributed by atoms with van der Waals surface area (Å²) < 4.78 is 5.66. The maximum Gasteiger partial charge on any atom is 0.265 e. The molecule has 0 aliphatic rings. The lowest BCUT2D eigenvalue weighted by molar-refractivity contribution is 0.0951. The standard InChI is InChI=1S/C15H16N2O2/c1-11-6-8-13(9-7-11)19-10-12-4-2-3-5-14(12)15(18)17-16/h2-9H,10,16H2,1H3,(H,17,18). The molecule has 0 aromatic heterocycles. The van der Waals surface area contributed by atoms with E-state index < -0.39 is 0 Å². The number of nitrogens with two attached hydrogens (primary N) is 1. The summed E-state index contributed by atoms with van der Waals surface area (Å²) in [4.78, 5) is 11.6. The molecule has 3 N–H and O–H groups in total. The molecule has 1 amide bonds. The molecule has 0 saturated heterocycles. The lowest BCUT2D eigenvalue weighted by Crippen LogP contribution is -2.30. The second-order valence-corrected chi connectivity index (χ2v) is 4.23. The first-order valence-electron chi connectivity index (χ1n) is 5.99. The maximum atomic E-state index is 11.6. The zero-order valence-corrected chi connectivity index (χ0v) is 10.7. The van der Waals surface area contributed by atoms with Crippen molar-refractivity contribution in [2.24, 2.45) is 5.84 Å². The Bertz CT molecular complexity index is 565. The molecule has 0 spiro atoms. The first-order valence-corrected chi connectivity index (χ1v) is 5.99. The van der Waals surface area contributed by atoms with E-state index in [0.29, 0.717) is 12.2 Å². The predicted molar refractivity (Wildman–Crippen MR) is 73.6 cm³/mol. The molecule has 2 aromatic rings. The minimum Gasteiger partial charge on any atom is -0.489 e. The van der Waals surface area contributed by atoms with Crippen molar-refractivity contribution in [2.75, 3.05) is 0 Å². The number of carbonyl (C=O) groups is 1. The topological polar surface area (TPSA) is 64.3 Å². The van der Waals surface area contributed by atoms with Crippen LogP contribution < -0.4 is 16.0 Å². The average Bonchev–Trinajstić information content (AvgIpc) is 2.46. The van der Waals surface area contributed by atoms with Crippen LogP contribution in [0.2, 0.25) is 0 Å². The van der Waals surface area contributed by atoms with E-state index in [2.05, 4.69) is 5.43 Å². The molecule has 2 aromatic carbocycles. The van der Waals surface area contributed by atoms with Crippen molar-refractivity contribution in [2.45, 2.75) is 13.5 Å². The van der Waals surface area contributed by atoms with Crippen LogP contribution in [0, 0.1) is 6.92 Å². The summed E-state index contributed by atoms with van der Waals surface area (Å²) in [5.41, 5.74) is 4.63. The SMILES string of the molecule is Cc1ccc(OCc2ccccc2C(=O)NN)cc1. The van der Waals surface area contributed by atoms with E-state index in [0.717, 1.165) is 11.3 Å². The van der Waals surface area contributed by atoms with Gasteiger partial charge in [0.05, 0.1) is 0 Å². The average molecular weight is 256 g/mol. The van der Waals surface area contributed by atoms with E-state index in [4.69, 9.17) is 10.6 Å². The van der Waals surface area contributed by atoms with Crippen LogP contribution >= 0.6 is 0 Å². The van der Waals surface area contributed by atoms with E-state index in [9.17, 15) is 4.79 Å². The number of benzene rings is 2. The van der Waals surface area contributed by atoms with Crippen molar-refractivity contribution in [1.82, 2.24) is 5.43 Å². The second kappa shape index (κ2) is 6.02. The van der Waals surface area contributed by atoms with Crippen molar-refractivity contribution in [3.63, 3.8) is 0 Å². The van der Waals surface area contributed by atoms with Crippen LogP contribution in [-0.2, 0) is 6.61 Å². The van der Waals surface area contributed by atoms with Crippen molar-refractivity contribution in [1.29, 1.82) is 0 Å². The van der Waals surface area contributed by atoms with Gasteiger partial charge < -0.3 is 4.74 Å². The fraction of sp³-hybridized carbons (Fsp3) is 0.133. The van der Waals surface area contributed by atoms with Gasteiger partial charge in [-0.25, -0.2) is 5.84 Å². The number of hydrogen-bond acceptors (Lipinski definition) is 3. The van der Waals surface area contributed by atoms with Crippen molar-refractivity contribution < 1.29 is 9.53 Å². The zero-order chi connectivity index (χ0) is 13.7. The minimum atomic E-state index is -0.317. The Morgan fingerprint density at radius 1 is 1.16 bits per heavy atom. The molecule has 4 nitrogen and oxygen atoms in total. The van der Waals surface area contributed by atoms with E-state index in [1.807, 2.05) is 43.3 Å². The van der Waals surface area contributed by atoms with Gasteiger partial charge in [0.1, 0.15) is 12.4 Å². The van der Waals surface area contributed by atoms with Crippen molar-refractivity contribution >= 4 is 5.91 Å². The molecule has 0 bridgehead atoms. The summed E-state index contributed by atoms with van der Waals surface area (Å²) in [6.45, 7) is 2.34. The molecule has 0 aliphatic heterocycles. The van der Waals surface area contributed by atoms with Gasteiger partial charge >= 0.3 is 0 Å². The van der Waals surface area contributed by atoms with E-state index in [-0.39, 0.29) is 5.91 Å². The molecule has 0 fully saturated rings. The number of hydrazine groups is 1. The van der Waals surface area contributed by atoms with Crippen molar-refractivity contribution in [3.8, 4) is 5.75 Å². The van der Waals surface area contributed by atoms with Gasteiger partial charge in [-0.2, -0.15) is 0 Å². The summed E-state index contributed by atoms with van der Waals surface area (Å²) in [6.07, 6.45) is 0. The number of nitrogen functional groups attached to an aromatic ring is 1. The summed E-state index contributed by atoms with van der Waals surface area (Å²) in [6, 6.07) is 15.0. The Kier molecular flexibility index (Phi) is 4.15. The molecule has 4 heteroatoms. The molecule has 0 unspecified atom stereocenters. The van der Waals surface area contributed by atoms with Crippen LogP contribution in [0.4, 0.5) is 0 Å². The first-order chi connectivity index (χ1) is 9.20. The Labute approximate surface area is 112 Å². The summed E-state index contributed by atoms with van der Waals surface area (Å²) in [5, 5.41) is 0. The van der Waals surface area contributed by atoms with Crippen LogP contribution in [0.1, 0.15) is 21.5 Å². The lowest BCUT2D eigenvalue weighted by Gasteiger charge is -2.10. The number of hydrogen-bond donors (Lipinski definition) is 2. The number of aryl methyl sites for hydroxylation is 1. The Morgan fingerprint density at radius 2 is 1.84 bits per heavy atom. The largest absolute Gasteiger partial charge is 0.489 e. The molecule has 0 saturated carbocycles. The third-order valence-electron chi connectivity index (χ3n) is 2.81. The summed E-state index contributed by atoms with van der Waals surface area (Å²) in [7, 11) is 0. The minimum absolute atomic E-state index is 0.317. The second-order valence-electron chi connectivity index (χ2n) is 4.23. The lowest BCUT2D eigenvalue weighted by atomic mass is 10.1. The highest BCUT2D eigenvalue weighted by molar-refractivity contribution is 5.95. The molecule has 98 valence electrons. The van der Waals surface area contributed by atoms with Gasteiger partial charge in [0.2, 0.25) is 0 Å². The van der Waals surface area contributed by atoms with Crippen LogP contribution in [0.5, 0.6) is 5.75 Å². The van der Waals surface area contributed by atoms with Gasteiger partial charge in [-0.05, 0) is 25.1 Å². The van der Waals surface area contributed by atoms with Gasteiger partial charge in [0.15, 0.2) is 0 Å². The van der Waals surface area contributed by atoms with E-state index in [1.54, 1.807) is 12.1 Å². The zero-order valence-electron chi connectivity index (χ0n) is 10.7. The molecule has 0 heterocycles. The van der Waals surface area contributed by atoms with Crippen LogP contribution in [-0.4, -0.2) is 5.91 Å². The number of nitrogens with one attached hydrogen (secondary N) is 1. The first kappa shape index (κ1) is 13.1. The van der Waals surface area contributed by atoms with E-state index >= 15 is 0 Å². The number of rotatable bonds is 4. The molecular weight excluding hydrogens is 240 g/mol. The maximum absolute atomic E-state index is 11.6. The molecule has 0 aliphatic carbocycles. The number of ether oxygens (including phenoxy) is 1. The van der Waals surface area contributed by atoms with Crippen molar-refractivity contribution in [3.05, 3.63) is 65.2 Å². The predicted octanol–water partition coefficient (Wildman–Crippen LogP) is 2.18. The van der Waals surface area contributed by atoms with Gasteiger partial charge in [0, 0.05) is 11.1 Å². The van der Waals surface area contributed by atoms with Crippen LogP contribution in [0.15, 0.2) is 48.5 Å². The molecular formula is C15H16N2O2. The summed E-state index contributed by atoms with van der Waals surface area (Å²) in [5.74, 6) is 5.61. The Balaban J connectivity index is 2.11. The van der Waals surface area contributed by atoms with Crippen LogP contribution in [0.3, 0.4) is 0 Å². The fourth-order valence-electron chi connectivity index (χ4n) is 1.74. The molecule has 19 heavy (non-hydrogen) atoms. The fourth-order valence-corrected chi connectivity index (χ4v) is 1.74. The highest BCUT2D eigenvalue weighted by atomic mass is 16.5. The van der Waals surface area contributed by atoms with E-state index in [1.165, 1.54) is 5.56 Å². The molecule has 2 rings (SSSR count). The normalized spacial score (nSPS) is 10.0. The Morgan fingerprint density at radius 3 is 2.53 bits per heavy atom. The number of carbonyl (C=O) groups excluding carboxylic acids is 1.